The number of aliphatic hydroxyl groups is 1. The lowest BCUT2D eigenvalue weighted by Gasteiger charge is -2.35. The first-order valence-electron chi connectivity index (χ1n) is 16.9. The van der Waals surface area contributed by atoms with Gasteiger partial charge in [-0.05, 0) is 48.3 Å². The number of nitrogens with one attached hydrogen (secondary N) is 2. The Morgan fingerprint density at radius 3 is 2.59 bits per heavy atom. The molecule has 5 rings (SSSR count). The molecule has 49 heavy (non-hydrogen) atoms. The number of ether oxygens (including phenoxy) is 5. The molecular weight excluding hydrogens is 654 g/mol. The van der Waals surface area contributed by atoms with Crippen LogP contribution in [0.15, 0.2) is 53.4 Å². The van der Waals surface area contributed by atoms with Crippen molar-refractivity contribution in [2.75, 3.05) is 39.6 Å². The highest BCUT2D eigenvalue weighted by atomic mass is 32.2. The van der Waals surface area contributed by atoms with Crippen LogP contribution in [0.5, 0.6) is 11.5 Å². The number of aliphatic hydroxyl groups excluding tert-OH is 1. The summed E-state index contributed by atoms with van der Waals surface area (Å²) < 4.78 is 57.6. The largest absolute Gasteiger partial charge is 0.454 e. The zero-order valence-electron chi connectivity index (χ0n) is 28.6. The number of carbonyl (C=O) groups is 2. The number of amides is 2. The second-order valence-electron chi connectivity index (χ2n) is 14.2. The second kappa shape index (κ2) is 16.1. The predicted octanol–water partition coefficient (Wildman–Crippen LogP) is 3.44. The van der Waals surface area contributed by atoms with Gasteiger partial charge in [-0.3, -0.25) is 4.79 Å². The zero-order chi connectivity index (χ0) is 35.2. The van der Waals surface area contributed by atoms with Gasteiger partial charge in [0.1, 0.15) is 6.10 Å². The maximum atomic E-state index is 14.3. The Morgan fingerprint density at radius 1 is 1.08 bits per heavy atom. The fourth-order valence-electron chi connectivity index (χ4n) is 6.33. The quantitative estimate of drug-likeness (QED) is 0.236. The molecule has 2 aromatic carbocycles. The molecule has 5 atom stereocenters. The second-order valence-corrected chi connectivity index (χ2v) is 16.1. The lowest BCUT2D eigenvalue weighted by Crippen LogP contribution is -2.52. The van der Waals surface area contributed by atoms with Gasteiger partial charge in [0, 0.05) is 32.1 Å². The van der Waals surface area contributed by atoms with Crippen molar-refractivity contribution in [1.29, 1.82) is 0 Å². The Balaban J connectivity index is 1.35. The molecule has 14 heteroatoms. The number of hydrogen-bond donors (Lipinski definition) is 3. The van der Waals surface area contributed by atoms with Crippen LogP contribution in [-0.4, -0.2) is 94.0 Å². The van der Waals surface area contributed by atoms with Gasteiger partial charge in [-0.25, -0.2) is 13.2 Å². The van der Waals surface area contributed by atoms with Gasteiger partial charge in [0.05, 0.1) is 36.2 Å². The van der Waals surface area contributed by atoms with Crippen molar-refractivity contribution >= 4 is 22.0 Å². The third-order valence-electron chi connectivity index (χ3n) is 9.00. The zero-order valence-corrected chi connectivity index (χ0v) is 29.4. The van der Waals surface area contributed by atoms with Gasteiger partial charge in [0.25, 0.3) is 0 Å². The summed E-state index contributed by atoms with van der Waals surface area (Å²) in [4.78, 5) is 25.5. The van der Waals surface area contributed by atoms with Crippen LogP contribution in [0.2, 0.25) is 0 Å². The molecule has 0 spiro atoms. The molecule has 2 fully saturated rings. The molecular formula is C35H49N3O10S. The van der Waals surface area contributed by atoms with Gasteiger partial charge < -0.3 is 39.4 Å². The van der Waals surface area contributed by atoms with Crippen molar-refractivity contribution in [2.24, 2.45) is 17.3 Å². The van der Waals surface area contributed by atoms with Crippen molar-refractivity contribution in [2.45, 2.75) is 82.8 Å². The molecule has 0 unspecified atom stereocenters. The van der Waals surface area contributed by atoms with Gasteiger partial charge in [-0.1, -0.05) is 58.0 Å². The summed E-state index contributed by atoms with van der Waals surface area (Å²) in [5, 5.41) is 17.5. The average Bonchev–Trinajstić information content (AvgIpc) is 3.79. The number of nitrogens with zero attached hydrogens (tertiary/aromatic N) is 1. The van der Waals surface area contributed by atoms with Gasteiger partial charge in [0.2, 0.25) is 22.7 Å². The lowest BCUT2D eigenvalue weighted by molar-refractivity contribution is -0.121. The predicted molar refractivity (Wildman–Crippen MR) is 179 cm³/mol. The summed E-state index contributed by atoms with van der Waals surface area (Å²) in [6.07, 6.45) is -1.15. The van der Waals surface area contributed by atoms with Crippen LogP contribution in [-0.2, 0) is 35.4 Å². The minimum Gasteiger partial charge on any atom is -0.454 e. The summed E-state index contributed by atoms with van der Waals surface area (Å²) in [6.45, 7) is 8.54. The van der Waals surface area contributed by atoms with Crippen LogP contribution >= 0.6 is 0 Å². The summed E-state index contributed by atoms with van der Waals surface area (Å²) in [5.74, 6) is 0.838. The third kappa shape index (κ3) is 9.85. The number of carbonyl (C=O) groups excluding carboxylic acids is 2. The molecule has 3 heterocycles. The first-order valence-corrected chi connectivity index (χ1v) is 18.3. The normalized spacial score (nSPS) is 21.4. The fourth-order valence-corrected chi connectivity index (χ4v) is 7.99. The molecule has 0 bridgehead atoms. The van der Waals surface area contributed by atoms with Gasteiger partial charge in [-0.15, -0.1) is 0 Å². The van der Waals surface area contributed by atoms with Gasteiger partial charge in [0.15, 0.2) is 17.8 Å². The van der Waals surface area contributed by atoms with Crippen molar-refractivity contribution in [3.05, 3.63) is 54.1 Å². The van der Waals surface area contributed by atoms with Crippen LogP contribution in [0.25, 0.3) is 0 Å². The SMILES string of the molecule is CC(C)CC(=O)NCCC(C)(C)CN(C[C@@H](O)[C@H](Cc1ccccc1)NC(=O)O[C@H]1CO[C@H]2OCC[C@H]21)S(=O)(=O)c1ccc2c(c1)OCO2. The van der Waals surface area contributed by atoms with Gasteiger partial charge in [-0.2, -0.15) is 4.31 Å². The van der Waals surface area contributed by atoms with E-state index >= 15 is 0 Å². The number of fused-ring (bicyclic) bond motifs is 2. The summed E-state index contributed by atoms with van der Waals surface area (Å²) in [6, 6.07) is 12.8. The first kappa shape index (κ1) is 36.8. The van der Waals surface area contributed by atoms with E-state index < -0.39 is 46.1 Å². The topological polar surface area (TPSA) is 162 Å². The summed E-state index contributed by atoms with van der Waals surface area (Å²) >= 11 is 0. The van der Waals surface area contributed by atoms with Crippen molar-refractivity contribution in [3.8, 4) is 11.5 Å². The molecule has 0 saturated carbocycles. The van der Waals surface area contributed by atoms with Crippen LogP contribution in [0.3, 0.4) is 0 Å². The highest BCUT2D eigenvalue weighted by molar-refractivity contribution is 7.89. The summed E-state index contributed by atoms with van der Waals surface area (Å²) in [5.41, 5.74) is 0.223. The molecule has 13 nitrogen and oxygen atoms in total. The molecule has 0 radical (unpaired) electrons. The van der Waals surface area contributed by atoms with E-state index in [1.54, 1.807) is 6.07 Å². The van der Waals surface area contributed by atoms with E-state index in [4.69, 9.17) is 23.7 Å². The number of benzene rings is 2. The summed E-state index contributed by atoms with van der Waals surface area (Å²) in [7, 11) is -4.20. The van der Waals surface area contributed by atoms with Gasteiger partial charge >= 0.3 is 6.09 Å². The highest BCUT2D eigenvalue weighted by Crippen LogP contribution is 2.36. The Morgan fingerprint density at radius 2 is 1.84 bits per heavy atom. The Labute approximate surface area is 288 Å². The van der Waals surface area contributed by atoms with E-state index in [1.807, 2.05) is 58.0 Å². The number of sulfonamides is 1. The van der Waals surface area contributed by atoms with Crippen LogP contribution in [0, 0.1) is 17.3 Å². The molecule has 0 aromatic heterocycles. The minimum absolute atomic E-state index is 0.0127. The van der Waals surface area contributed by atoms with Crippen LogP contribution in [0.4, 0.5) is 4.79 Å². The molecule has 0 aliphatic carbocycles. The van der Waals surface area contributed by atoms with E-state index in [1.165, 1.54) is 16.4 Å². The number of rotatable bonds is 16. The van der Waals surface area contributed by atoms with E-state index in [2.05, 4.69) is 10.6 Å². The minimum atomic E-state index is -4.20. The molecule has 2 saturated heterocycles. The van der Waals surface area contributed by atoms with E-state index in [0.29, 0.717) is 43.9 Å². The molecule has 270 valence electrons. The maximum absolute atomic E-state index is 14.3. The van der Waals surface area contributed by atoms with Crippen molar-refractivity contribution in [1.82, 2.24) is 14.9 Å². The third-order valence-corrected chi connectivity index (χ3v) is 10.8. The number of alkyl carbamates (subject to hydrolysis) is 1. The molecule has 2 aromatic rings. The Bertz CT molecular complexity index is 1540. The van der Waals surface area contributed by atoms with E-state index in [0.717, 1.165) is 5.56 Å². The average molecular weight is 704 g/mol. The maximum Gasteiger partial charge on any atom is 0.407 e. The van der Waals surface area contributed by atoms with Crippen LogP contribution in [0.1, 0.15) is 52.5 Å². The smallest absolute Gasteiger partial charge is 0.407 e. The number of hydrogen-bond acceptors (Lipinski definition) is 10. The van der Waals surface area contributed by atoms with E-state index in [-0.39, 0.29) is 55.5 Å². The van der Waals surface area contributed by atoms with E-state index in [9.17, 15) is 23.1 Å². The Hall–Kier alpha value is -3.43. The molecule has 3 aliphatic heterocycles. The molecule has 3 aliphatic rings. The standard InChI is InChI=1S/C35H49N3O10S/c1-23(2)16-32(40)36-14-13-35(3,4)21-38(49(42,43)25-10-11-29-30(18-25)47-22-46-29)19-28(39)27(17-24-8-6-5-7-9-24)37-34(41)48-31-20-45-33-26(31)12-15-44-33/h5-11,18,23,26-28,31,33,39H,12-17,19-22H2,1-4H3,(H,36,40)(H,37,41)/t26-,27-,28+,31-,33+/m0/s1. The first-order chi connectivity index (χ1) is 23.3. The van der Waals surface area contributed by atoms with Crippen molar-refractivity contribution in [3.63, 3.8) is 0 Å². The van der Waals surface area contributed by atoms with Crippen molar-refractivity contribution < 1.29 is 46.8 Å². The Kier molecular flexibility index (Phi) is 12.1. The highest BCUT2D eigenvalue weighted by Gasteiger charge is 2.44. The lowest BCUT2D eigenvalue weighted by atomic mass is 9.89. The monoisotopic (exact) mass is 703 g/mol. The fraction of sp³-hybridized carbons (Fsp3) is 0.600. The van der Waals surface area contributed by atoms with Crippen LogP contribution < -0.4 is 20.1 Å². The molecule has 3 N–H and O–H groups in total. The molecule has 2 amide bonds.